The lowest BCUT2D eigenvalue weighted by Gasteiger charge is -2.28. The summed E-state index contributed by atoms with van der Waals surface area (Å²) in [6, 6.07) is -0.831. The van der Waals surface area contributed by atoms with Crippen molar-refractivity contribution in [3.8, 4) is 0 Å². The van der Waals surface area contributed by atoms with Crippen LogP contribution < -0.4 is 0 Å². The molecule has 1 aliphatic carbocycles. The highest BCUT2D eigenvalue weighted by molar-refractivity contribution is 5.84. The molecule has 5 nitrogen and oxygen atoms in total. The molecule has 16 heavy (non-hydrogen) atoms. The molecule has 0 aromatic rings. The molecule has 2 N–H and O–H groups in total. The minimum atomic E-state index is -1.02. The van der Waals surface area contributed by atoms with Gasteiger partial charge in [0.05, 0.1) is 6.10 Å². The summed E-state index contributed by atoms with van der Waals surface area (Å²) in [4.78, 5) is 24.1. The third-order valence-corrected chi connectivity index (χ3v) is 3.57. The highest BCUT2D eigenvalue weighted by Gasteiger charge is 2.39. The van der Waals surface area contributed by atoms with Crippen LogP contribution in [0.3, 0.4) is 0 Å². The molecule has 0 radical (unpaired) electrons. The summed E-state index contributed by atoms with van der Waals surface area (Å²) in [7, 11) is 0. The van der Waals surface area contributed by atoms with Crippen molar-refractivity contribution in [2.75, 3.05) is 6.54 Å². The Balaban J connectivity index is 1.95. The Morgan fingerprint density at radius 3 is 2.50 bits per heavy atom. The number of aliphatic hydroxyl groups is 1. The predicted molar refractivity (Wildman–Crippen MR) is 55.7 cm³/mol. The van der Waals surface area contributed by atoms with Crippen LogP contribution in [0.5, 0.6) is 0 Å². The van der Waals surface area contributed by atoms with Crippen molar-refractivity contribution in [3.05, 3.63) is 0 Å². The van der Waals surface area contributed by atoms with Crippen molar-refractivity contribution in [3.63, 3.8) is 0 Å². The van der Waals surface area contributed by atoms with Gasteiger partial charge in [-0.15, -0.1) is 0 Å². The van der Waals surface area contributed by atoms with Crippen molar-refractivity contribution in [2.24, 2.45) is 5.92 Å². The molecule has 2 aliphatic rings. The highest BCUT2D eigenvalue weighted by Crippen LogP contribution is 2.31. The second-order valence-electron chi connectivity index (χ2n) is 4.79. The van der Waals surface area contributed by atoms with Gasteiger partial charge in [-0.05, 0) is 18.8 Å². The fourth-order valence-corrected chi connectivity index (χ4v) is 2.38. The van der Waals surface area contributed by atoms with Gasteiger partial charge in [0.25, 0.3) is 0 Å². The van der Waals surface area contributed by atoms with E-state index in [2.05, 4.69) is 0 Å². The van der Waals surface area contributed by atoms with E-state index in [1.807, 2.05) is 0 Å². The Bertz CT molecular complexity index is 300. The smallest absolute Gasteiger partial charge is 0.326 e. The number of carboxylic acid groups (broad SMARTS) is 1. The predicted octanol–water partition coefficient (Wildman–Crippen LogP) is 0.223. The molecule has 0 unspecified atom stereocenters. The van der Waals surface area contributed by atoms with Crippen LogP contribution >= 0.6 is 0 Å². The van der Waals surface area contributed by atoms with E-state index in [-0.39, 0.29) is 18.9 Å². The Hall–Kier alpha value is -1.10. The van der Waals surface area contributed by atoms with Gasteiger partial charge in [0.1, 0.15) is 6.04 Å². The average molecular weight is 227 g/mol. The summed E-state index contributed by atoms with van der Waals surface area (Å²) in [6.45, 7) is 0.169. The van der Waals surface area contributed by atoms with E-state index in [4.69, 9.17) is 5.11 Å². The van der Waals surface area contributed by atoms with Crippen LogP contribution in [-0.2, 0) is 9.59 Å². The molecular weight excluding hydrogens is 210 g/mol. The first-order valence-electron chi connectivity index (χ1n) is 5.78. The van der Waals surface area contributed by atoms with Gasteiger partial charge in [-0.2, -0.15) is 0 Å². The number of amides is 1. The molecule has 5 heteroatoms. The standard InChI is InChI=1S/C11H17NO4/c13-8-5-9(11(15)16)12(6-8)10(14)4-7-2-1-3-7/h7-9,13H,1-6H2,(H,15,16)/t8-,9+/m1/s1. The van der Waals surface area contributed by atoms with Crippen molar-refractivity contribution < 1.29 is 19.8 Å². The van der Waals surface area contributed by atoms with E-state index in [1.54, 1.807) is 0 Å². The Morgan fingerprint density at radius 2 is 2.00 bits per heavy atom. The second kappa shape index (κ2) is 4.41. The lowest BCUT2D eigenvalue weighted by molar-refractivity contribution is -0.148. The van der Waals surface area contributed by atoms with Crippen LogP contribution in [-0.4, -0.2) is 45.7 Å². The summed E-state index contributed by atoms with van der Waals surface area (Å²) in [5, 5.41) is 18.4. The maximum absolute atomic E-state index is 11.9. The fraction of sp³-hybridized carbons (Fsp3) is 0.818. The van der Waals surface area contributed by atoms with E-state index in [9.17, 15) is 14.7 Å². The minimum absolute atomic E-state index is 0.117. The second-order valence-corrected chi connectivity index (χ2v) is 4.79. The average Bonchev–Trinajstić information content (AvgIpc) is 2.53. The number of β-amino-alcohol motifs (C(OH)–C–C–N with tert-alkyl or cyclic N) is 1. The minimum Gasteiger partial charge on any atom is -0.480 e. The number of aliphatic hydroxyl groups excluding tert-OH is 1. The fourth-order valence-electron chi connectivity index (χ4n) is 2.38. The molecule has 2 fully saturated rings. The number of hydrogen-bond acceptors (Lipinski definition) is 3. The lowest BCUT2D eigenvalue weighted by Crippen LogP contribution is -2.41. The van der Waals surface area contributed by atoms with Crippen LogP contribution in [0.25, 0.3) is 0 Å². The van der Waals surface area contributed by atoms with E-state index in [0.717, 1.165) is 12.8 Å². The van der Waals surface area contributed by atoms with Crippen LogP contribution in [0.4, 0.5) is 0 Å². The highest BCUT2D eigenvalue weighted by atomic mass is 16.4. The third kappa shape index (κ3) is 2.19. The van der Waals surface area contributed by atoms with Gasteiger partial charge in [-0.25, -0.2) is 4.79 Å². The zero-order valence-corrected chi connectivity index (χ0v) is 9.13. The van der Waals surface area contributed by atoms with E-state index in [1.165, 1.54) is 11.3 Å². The summed E-state index contributed by atoms with van der Waals surface area (Å²) >= 11 is 0. The van der Waals surface area contributed by atoms with Gasteiger partial charge in [0.2, 0.25) is 5.91 Å². The molecule has 1 saturated carbocycles. The molecular formula is C11H17NO4. The molecule has 0 spiro atoms. The van der Waals surface area contributed by atoms with Crippen molar-refractivity contribution in [1.29, 1.82) is 0 Å². The molecule has 90 valence electrons. The Labute approximate surface area is 94.0 Å². The van der Waals surface area contributed by atoms with Crippen molar-refractivity contribution in [1.82, 2.24) is 4.90 Å². The van der Waals surface area contributed by atoms with Crippen LogP contribution in [0.1, 0.15) is 32.1 Å². The third-order valence-electron chi connectivity index (χ3n) is 3.57. The zero-order chi connectivity index (χ0) is 11.7. The SMILES string of the molecule is O=C(O)[C@@H]1C[C@@H](O)CN1C(=O)CC1CCC1. The van der Waals surface area contributed by atoms with E-state index >= 15 is 0 Å². The quantitative estimate of drug-likeness (QED) is 0.723. The van der Waals surface area contributed by atoms with Crippen molar-refractivity contribution in [2.45, 2.75) is 44.2 Å². The lowest BCUT2D eigenvalue weighted by atomic mass is 9.82. The number of carbonyl (C=O) groups excluding carboxylic acids is 1. The van der Waals surface area contributed by atoms with Gasteiger partial charge in [0, 0.05) is 19.4 Å². The first kappa shape index (κ1) is 11.4. The van der Waals surface area contributed by atoms with E-state index in [0.29, 0.717) is 12.3 Å². The number of likely N-dealkylation sites (tertiary alicyclic amines) is 1. The topological polar surface area (TPSA) is 77.8 Å². The van der Waals surface area contributed by atoms with Crippen LogP contribution in [0.2, 0.25) is 0 Å². The normalized spacial score (nSPS) is 30.2. The number of carbonyl (C=O) groups is 2. The molecule has 1 aliphatic heterocycles. The largest absolute Gasteiger partial charge is 0.480 e. The molecule has 1 heterocycles. The van der Waals surface area contributed by atoms with Gasteiger partial charge < -0.3 is 15.1 Å². The van der Waals surface area contributed by atoms with Gasteiger partial charge in [0.15, 0.2) is 0 Å². The molecule has 0 bridgehead atoms. The molecule has 0 aromatic heterocycles. The number of nitrogens with zero attached hydrogens (tertiary/aromatic N) is 1. The number of hydrogen-bond donors (Lipinski definition) is 2. The molecule has 2 atom stereocenters. The monoisotopic (exact) mass is 227 g/mol. The van der Waals surface area contributed by atoms with Crippen molar-refractivity contribution >= 4 is 11.9 Å². The zero-order valence-electron chi connectivity index (χ0n) is 9.13. The molecule has 1 amide bonds. The van der Waals surface area contributed by atoms with Gasteiger partial charge in [-0.1, -0.05) is 6.42 Å². The molecule has 2 rings (SSSR count). The Kier molecular flexibility index (Phi) is 3.14. The van der Waals surface area contributed by atoms with Gasteiger partial charge >= 0.3 is 5.97 Å². The summed E-state index contributed by atoms with van der Waals surface area (Å²) < 4.78 is 0. The van der Waals surface area contributed by atoms with Crippen LogP contribution in [0, 0.1) is 5.92 Å². The number of rotatable bonds is 3. The summed E-state index contributed by atoms with van der Waals surface area (Å²) in [5.74, 6) is -0.702. The number of aliphatic carboxylic acids is 1. The summed E-state index contributed by atoms with van der Waals surface area (Å²) in [6.07, 6.45) is 3.22. The molecule has 1 saturated heterocycles. The maximum atomic E-state index is 11.9. The maximum Gasteiger partial charge on any atom is 0.326 e. The van der Waals surface area contributed by atoms with Gasteiger partial charge in [-0.3, -0.25) is 4.79 Å². The van der Waals surface area contributed by atoms with Crippen LogP contribution in [0.15, 0.2) is 0 Å². The number of carboxylic acids is 1. The van der Waals surface area contributed by atoms with E-state index < -0.39 is 18.1 Å². The first-order chi connectivity index (χ1) is 7.58. The molecule has 0 aromatic carbocycles. The first-order valence-corrected chi connectivity index (χ1v) is 5.78. The Morgan fingerprint density at radius 1 is 1.31 bits per heavy atom. The summed E-state index contributed by atoms with van der Waals surface area (Å²) in [5.41, 5.74) is 0.